The maximum Gasteiger partial charge on any atom is 0.305 e. The lowest BCUT2D eigenvalue weighted by molar-refractivity contribution is -0.138. The van der Waals surface area contributed by atoms with Gasteiger partial charge in [0.2, 0.25) is 12.2 Å². The lowest BCUT2D eigenvalue weighted by atomic mass is 10.1. The summed E-state index contributed by atoms with van der Waals surface area (Å²) in [5.41, 5.74) is 0. The molecule has 0 aromatic heterocycles. The Kier molecular flexibility index (Phi) is 6.94. The number of imide groups is 1. The van der Waals surface area contributed by atoms with Crippen molar-refractivity contribution < 1.29 is 29.1 Å². The van der Waals surface area contributed by atoms with Gasteiger partial charge in [-0.15, -0.1) is 0 Å². The minimum absolute atomic E-state index is 0.137. The lowest BCUT2D eigenvalue weighted by Crippen LogP contribution is -2.37. The van der Waals surface area contributed by atoms with Crippen LogP contribution in [0.2, 0.25) is 0 Å². The van der Waals surface area contributed by atoms with E-state index in [1.807, 2.05) is 0 Å². The Hall–Kier alpha value is -2.51. The second-order valence-electron chi connectivity index (χ2n) is 4.81. The number of carboxylic acid groups (broad SMARTS) is 1. The molecule has 1 aliphatic rings. The molecule has 0 aromatic carbocycles. The van der Waals surface area contributed by atoms with E-state index in [1.54, 1.807) is 0 Å². The number of nitrogens with one attached hydrogen (secondary N) is 1. The van der Waals surface area contributed by atoms with Crippen LogP contribution in [0, 0.1) is 0 Å². The predicted molar refractivity (Wildman–Crippen MR) is 74.2 cm³/mol. The van der Waals surface area contributed by atoms with Crippen LogP contribution in [0.3, 0.4) is 0 Å². The number of aliphatic carboxylic acids is 1. The molecule has 119 valence electrons. The Balaban J connectivity index is 2.15. The molecule has 8 nitrogen and oxygen atoms in total. The van der Waals surface area contributed by atoms with Crippen LogP contribution in [0.15, 0.2) is 12.2 Å². The second kappa shape index (κ2) is 8.71. The highest BCUT2D eigenvalue weighted by Crippen LogP contribution is 2.07. The van der Waals surface area contributed by atoms with Crippen LogP contribution in [0.4, 0.5) is 0 Å². The van der Waals surface area contributed by atoms with Crippen molar-refractivity contribution in [3.05, 3.63) is 12.2 Å². The molecule has 2 N–H and O–H groups in total. The molecule has 3 amide bonds. The van der Waals surface area contributed by atoms with Gasteiger partial charge in [0.1, 0.15) is 6.04 Å². The van der Waals surface area contributed by atoms with Crippen molar-refractivity contribution in [1.82, 2.24) is 10.2 Å². The van der Waals surface area contributed by atoms with Gasteiger partial charge in [-0.2, -0.15) is 0 Å². The predicted octanol–water partition coefficient (Wildman–Crippen LogP) is -0.459. The number of rotatable bonds is 10. The fraction of sp³-hybridized carbons (Fsp3) is 0.500. The number of hydrogen-bond acceptors (Lipinski definition) is 5. The van der Waals surface area contributed by atoms with Crippen LogP contribution >= 0.6 is 0 Å². The number of unbranched alkanes of at least 4 members (excludes halogenated alkanes) is 2. The van der Waals surface area contributed by atoms with Crippen LogP contribution in [-0.2, 0) is 24.0 Å². The first-order valence-electron chi connectivity index (χ1n) is 6.86. The first kappa shape index (κ1) is 17.5. The summed E-state index contributed by atoms with van der Waals surface area (Å²) in [5.74, 6) is -2.28. The normalized spacial score (nSPS) is 15.0. The largest absolute Gasteiger partial charge is 0.481 e. The molecule has 0 spiro atoms. The molecule has 1 rings (SSSR count). The summed E-state index contributed by atoms with van der Waals surface area (Å²) in [5, 5.41) is 10.8. The molecule has 8 heteroatoms. The van der Waals surface area contributed by atoms with Gasteiger partial charge in [0.25, 0.3) is 11.8 Å². The molecule has 22 heavy (non-hydrogen) atoms. The number of carboxylic acids is 1. The zero-order valence-electron chi connectivity index (χ0n) is 11.9. The Bertz CT molecular complexity index is 482. The van der Waals surface area contributed by atoms with Gasteiger partial charge in [0.05, 0.1) is 6.42 Å². The maximum absolute atomic E-state index is 11.5. The van der Waals surface area contributed by atoms with E-state index in [-0.39, 0.29) is 18.2 Å². The van der Waals surface area contributed by atoms with Crippen molar-refractivity contribution in [2.75, 3.05) is 6.54 Å². The first-order valence-corrected chi connectivity index (χ1v) is 6.86. The highest BCUT2D eigenvalue weighted by atomic mass is 16.4. The molecule has 1 aliphatic heterocycles. The van der Waals surface area contributed by atoms with Gasteiger partial charge >= 0.3 is 5.97 Å². The van der Waals surface area contributed by atoms with E-state index in [4.69, 9.17) is 5.11 Å². The topological polar surface area (TPSA) is 121 Å². The highest BCUT2D eigenvalue weighted by Gasteiger charge is 2.22. The third-order valence-electron chi connectivity index (χ3n) is 3.04. The Morgan fingerprint density at radius 2 is 1.82 bits per heavy atom. The van der Waals surface area contributed by atoms with E-state index < -0.39 is 24.3 Å². The van der Waals surface area contributed by atoms with Crippen LogP contribution < -0.4 is 5.32 Å². The Morgan fingerprint density at radius 1 is 1.18 bits per heavy atom. The number of carbonyl (C=O) groups excluding carboxylic acids is 4. The standard InChI is InChI=1S/C14H17N2O6/c17-9-10(8-14(21)22)15-11(18)4-2-1-3-7-16-12(19)5-6-13(16)20/h5-6,10H,1-4,7-8H2,(H,15,18)(H,21,22). The van der Waals surface area contributed by atoms with Gasteiger partial charge in [-0.3, -0.25) is 28.9 Å². The molecule has 1 atom stereocenters. The van der Waals surface area contributed by atoms with Gasteiger partial charge in [0, 0.05) is 25.1 Å². The smallest absolute Gasteiger partial charge is 0.305 e. The van der Waals surface area contributed by atoms with E-state index in [9.17, 15) is 24.0 Å². The molecular formula is C14H17N2O6. The van der Waals surface area contributed by atoms with Gasteiger partial charge in [-0.05, 0) is 12.8 Å². The minimum atomic E-state index is -1.19. The van der Waals surface area contributed by atoms with Crippen molar-refractivity contribution in [2.24, 2.45) is 0 Å². The summed E-state index contributed by atoms with van der Waals surface area (Å²) in [4.78, 5) is 56.1. The van der Waals surface area contributed by atoms with Crippen LogP contribution in [0.5, 0.6) is 0 Å². The van der Waals surface area contributed by atoms with Gasteiger partial charge in [0.15, 0.2) is 0 Å². The SMILES string of the molecule is O=[C]C(CC(=O)O)NC(=O)CCCCCN1C(=O)C=CC1=O. The van der Waals surface area contributed by atoms with Crippen LogP contribution in [0.1, 0.15) is 32.1 Å². The van der Waals surface area contributed by atoms with Crippen molar-refractivity contribution >= 4 is 30.0 Å². The molecule has 0 saturated heterocycles. The zero-order chi connectivity index (χ0) is 16.5. The average molecular weight is 309 g/mol. The Morgan fingerprint density at radius 3 is 2.36 bits per heavy atom. The Labute approximate surface area is 127 Å². The molecule has 0 aliphatic carbocycles. The molecule has 0 saturated carbocycles. The van der Waals surface area contributed by atoms with E-state index in [0.29, 0.717) is 25.8 Å². The third kappa shape index (κ3) is 5.86. The first-order chi connectivity index (χ1) is 10.4. The highest BCUT2D eigenvalue weighted by molar-refractivity contribution is 6.12. The average Bonchev–Trinajstić information content (AvgIpc) is 2.77. The van der Waals surface area contributed by atoms with E-state index >= 15 is 0 Å². The fourth-order valence-electron chi connectivity index (χ4n) is 1.95. The summed E-state index contributed by atoms with van der Waals surface area (Å²) in [6, 6.07) is -1.14. The molecule has 0 aromatic rings. The maximum atomic E-state index is 11.5. The van der Waals surface area contributed by atoms with Crippen LogP contribution in [-0.4, -0.2) is 52.6 Å². The van der Waals surface area contributed by atoms with Crippen molar-refractivity contribution in [3.8, 4) is 0 Å². The van der Waals surface area contributed by atoms with E-state index in [0.717, 1.165) is 4.90 Å². The summed E-state index contributed by atoms with van der Waals surface area (Å²) in [6.07, 6.45) is 5.24. The molecular weight excluding hydrogens is 292 g/mol. The van der Waals surface area contributed by atoms with Crippen molar-refractivity contribution in [1.29, 1.82) is 0 Å². The quantitative estimate of drug-likeness (QED) is 0.416. The van der Waals surface area contributed by atoms with Gasteiger partial charge < -0.3 is 10.4 Å². The summed E-state index contributed by atoms with van der Waals surface area (Å²) in [6.45, 7) is 0.302. The molecule has 0 fully saturated rings. The monoisotopic (exact) mass is 309 g/mol. The lowest BCUT2D eigenvalue weighted by Gasteiger charge is -2.13. The fourth-order valence-corrected chi connectivity index (χ4v) is 1.95. The number of amides is 3. The van der Waals surface area contributed by atoms with Crippen LogP contribution in [0.25, 0.3) is 0 Å². The number of carbonyl (C=O) groups is 4. The summed E-state index contributed by atoms with van der Waals surface area (Å²) in [7, 11) is 0. The molecule has 1 heterocycles. The van der Waals surface area contributed by atoms with E-state index in [2.05, 4.69) is 5.32 Å². The number of nitrogens with zero attached hydrogens (tertiary/aromatic N) is 1. The summed E-state index contributed by atoms with van der Waals surface area (Å²) >= 11 is 0. The molecule has 1 radical (unpaired) electrons. The second-order valence-corrected chi connectivity index (χ2v) is 4.81. The van der Waals surface area contributed by atoms with Gasteiger partial charge in [-0.25, -0.2) is 0 Å². The van der Waals surface area contributed by atoms with E-state index in [1.165, 1.54) is 18.4 Å². The zero-order valence-corrected chi connectivity index (χ0v) is 11.9. The van der Waals surface area contributed by atoms with Crippen molar-refractivity contribution in [2.45, 2.75) is 38.1 Å². The summed E-state index contributed by atoms with van der Waals surface area (Å²) < 4.78 is 0. The minimum Gasteiger partial charge on any atom is -0.481 e. The van der Waals surface area contributed by atoms with Gasteiger partial charge in [-0.1, -0.05) is 6.42 Å². The third-order valence-corrected chi connectivity index (χ3v) is 3.04. The van der Waals surface area contributed by atoms with Crippen molar-refractivity contribution in [3.63, 3.8) is 0 Å². The molecule has 1 unspecified atom stereocenters. The molecule has 0 bridgehead atoms. The number of hydrogen-bond donors (Lipinski definition) is 2.